The molecular formula is C24H35NO4. The molecule has 2 N–H and O–H groups in total. The van der Waals surface area contributed by atoms with Gasteiger partial charge in [0.25, 0.3) is 0 Å². The number of unbranched alkanes of at least 4 members (excludes halogenated alkanes) is 3. The Morgan fingerprint density at radius 3 is 2.66 bits per heavy atom. The molecule has 160 valence electrons. The number of aliphatic hydroxyl groups is 1. The van der Waals surface area contributed by atoms with E-state index in [-0.39, 0.29) is 24.3 Å². The van der Waals surface area contributed by atoms with Gasteiger partial charge in [-0.1, -0.05) is 62.2 Å². The van der Waals surface area contributed by atoms with Crippen LogP contribution in [0.5, 0.6) is 0 Å². The van der Waals surface area contributed by atoms with Gasteiger partial charge in [0, 0.05) is 19.4 Å². The van der Waals surface area contributed by atoms with Crippen LogP contribution in [-0.4, -0.2) is 45.7 Å². The summed E-state index contributed by atoms with van der Waals surface area (Å²) in [5, 5.41) is 19.2. The predicted molar refractivity (Wildman–Crippen MR) is 115 cm³/mol. The number of likely N-dealkylation sites (tertiary alicyclic amines) is 1. The van der Waals surface area contributed by atoms with Crippen molar-refractivity contribution in [2.75, 3.05) is 6.54 Å². The maximum atomic E-state index is 12.2. The third kappa shape index (κ3) is 8.40. The second kappa shape index (κ2) is 12.4. The minimum atomic E-state index is -0.749. The number of aryl methyl sites for hydroxylation is 1. The summed E-state index contributed by atoms with van der Waals surface area (Å²) in [5.74, 6) is -0.412. The SMILES string of the molecule is C[C@@H](CCc1ccccc1)[C@H](O)C=C[C@H]1CCC(=O)N1CCCCCCC(=O)O. The molecular weight excluding hydrogens is 366 g/mol. The molecule has 5 heteroatoms. The van der Waals surface area contributed by atoms with Gasteiger partial charge < -0.3 is 15.1 Å². The van der Waals surface area contributed by atoms with Crippen molar-refractivity contribution in [3.63, 3.8) is 0 Å². The number of carbonyl (C=O) groups is 2. The Bertz CT molecular complexity index is 658. The van der Waals surface area contributed by atoms with E-state index in [1.54, 1.807) is 0 Å². The molecule has 0 unspecified atom stereocenters. The smallest absolute Gasteiger partial charge is 0.303 e. The molecule has 0 bridgehead atoms. The molecule has 1 amide bonds. The van der Waals surface area contributed by atoms with Crippen LogP contribution in [0.4, 0.5) is 0 Å². The van der Waals surface area contributed by atoms with E-state index in [0.717, 1.165) is 38.5 Å². The van der Waals surface area contributed by atoms with E-state index in [2.05, 4.69) is 19.1 Å². The fraction of sp³-hybridized carbons (Fsp3) is 0.583. The van der Waals surface area contributed by atoms with Crippen molar-refractivity contribution in [3.05, 3.63) is 48.0 Å². The van der Waals surface area contributed by atoms with Crippen LogP contribution in [0.3, 0.4) is 0 Å². The number of aliphatic carboxylic acids is 1. The molecule has 0 saturated carbocycles. The van der Waals surface area contributed by atoms with Gasteiger partial charge in [-0.3, -0.25) is 9.59 Å². The van der Waals surface area contributed by atoms with Crippen molar-refractivity contribution < 1.29 is 19.8 Å². The molecule has 0 spiro atoms. The molecule has 0 radical (unpaired) electrons. The molecule has 1 aromatic rings. The summed E-state index contributed by atoms with van der Waals surface area (Å²) in [6.45, 7) is 2.77. The number of nitrogens with zero attached hydrogens (tertiary/aromatic N) is 1. The van der Waals surface area contributed by atoms with Crippen molar-refractivity contribution in [3.8, 4) is 0 Å². The maximum Gasteiger partial charge on any atom is 0.303 e. The van der Waals surface area contributed by atoms with E-state index in [1.165, 1.54) is 5.56 Å². The summed E-state index contributed by atoms with van der Waals surface area (Å²) in [6, 6.07) is 10.4. The normalized spacial score (nSPS) is 19.0. The Hall–Kier alpha value is -2.14. The standard InChI is InChI=1S/C24H35NO4/c1-19(12-13-20-9-5-4-6-10-20)22(26)16-14-21-15-17-23(27)25(21)18-8-3-2-7-11-24(28)29/h4-6,9-10,14,16,19,21-22,26H,2-3,7-8,11-13,15,17-18H2,1H3,(H,28,29)/t19-,21-,22+/m0/s1. The number of hydrogen-bond donors (Lipinski definition) is 2. The van der Waals surface area contributed by atoms with Gasteiger partial charge in [0.2, 0.25) is 5.91 Å². The first-order valence-corrected chi connectivity index (χ1v) is 10.9. The molecule has 0 aliphatic carbocycles. The molecule has 1 aromatic carbocycles. The molecule has 2 rings (SSSR count). The van der Waals surface area contributed by atoms with Gasteiger partial charge in [0.15, 0.2) is 0 Å². The van der Waals surface area contributed by atoms with Crippen LogP contribution in [0.15, 0.2) is 42.5 Å². The average molecular weight is 402 g/mol. The number of amides is 1. The van der Waals surface area contributed by atoms with Crippen molar-refractivity contribution in [2.45, 2.75) is 76.9 Å². The van der Waals surface area contributed by atoms with E-state index < -0.39 is 12.1 Å². The van der Waals surface area contributed by atoms with E-state index in [4.69, 9.17) is 5.11 Å². The van der Waals surface area contributed by atoms with Crippen molar-refractivity contribution in [1.82, 2.24) is 4.90 Å². The molecule has 5 nitrogen and oxygen atoms in total. The first-order chi connectivity index (χ1) is 14.0. The maximum absolute atomic E-state index is 12.2. The highest BCUT2D eigenvalue weighted by atomic mass is 16.4. The van der Waals surface area contributed by atoms with Crippen molar-refractivity contribution in [2.24, 2.45) is 5.92 Å². The van der Waals surface area contributed by atoms with Crippen LogP contribution in [0.2, 0.25) is 0 Å². The number of aliphatic hydroxyl groups excluding tert-OH is 1. The van der Waals surface area contributed by atoms with Crippen LogP contribution in [0, 0.1) is 5.92 Å². The van der Waals surface area contributed by atoms with Gasteiger partial charge in [0.05, 0.1) is 12.1 Å². The zero-order chi connectivity index (χ0) is 21.1. The van der Waals surface area contributed by atoms with Gasteiger partial charge in [-0.15, -0.1) is 0 Å². The third-order valence-electron chi connectivity index (χ3n) is 5.76. The van der Waals surface area contributed by atoms with Gasteiger partial charge in [-0.05, 0) is 43.6 Å². The lowest BCUT2D eigenvalue weighted by Crippen LogP contribution is -2.33. The zero-order valence-electron chi connectivity index (χ0n) is 17.5. The molecule has 29 heavy (non-hydrogen) atoms. The van der Waals surface area contributed by atoms with Gasteiger partial charge in [-0.2, -0.15) is 0 Å². The number of rotatable bonds is 13. The molecule has 0 aromatic heterocycles. The lowest BCUT2D eigenvalue weighted by Gasteiger charge is -2.23. The number of carboxylic acids is 1. The van der Waals surface area contributed by atoms with Crippen molar-refractivity contribution >= 4 is 11.9 Å². The monoisotopic (exact) mass is 401 g/mol. The van der Waals surface area contributed by atoms with Gasteiger partial charge in [0.1, 0.15) is 0 Å². The Balaban J connectivity index is 1.73. The summed E-state index contributed by atoms with van der Waals surface area (Å²) in [7, 11) is 0. The molecule has 3 atom stereocenters. The molecule has 1 aliphatic heterocycles. The topological polar surface area (TPSA) is 77.8 Å². The molecule has 1 heterocycles. The molecule has 1 aliphatic rings. The first kappa shape index (κ1) is 23.1. The van der Waals surface area contributed by atoms with Crippen LogP contribution >= 0.6 is 0 Å². The Kier molecular flexibility index (Phi) is 9.92. The fourth-order valence-corrected chi connectivity index (χ4v) is 3.80. The third-order valence-corrected chi connectivity index (χ3v) is 5.76. The van der Waals surface area contributed by atoms with E-state index in [1.807, 2.05) is 35.3 Å². The highest BCUT2D eigenvalue weighted by Crippen LogP contribution is 2.22. The molecule has 1 fully saturated rings. The summed E-state index contributed by atoms with van der Waals surface area (Å²) < 4.78 is 0. The number of hydrogen-bond acceptors (Lipinski definition) is 3. The average Bonchev–Trinajstić information content (AvgIpc) is 3.07. The van der Waals surface area contributed by atoms with E-state index in [0.29, 0.717) is 19.4 Å². The van der Waals surface area contributed by atoms with Crippen LogP contribution < -0.4 is 0 Å². The van der Waals surface area contributed by atoms with Crippen LogP contribution in [0.25, 0.3) is 0 Å². The van der Waals surface area contributed by atoms with Gasteiger partial charge in [-0.25, -0.2) is 0 Å². The Morgan fingerprint density at radius 2 is 1.93 bits per heavy atom. The Morgan fingerprint density at radius 1 is 1.21 bits per heavy atom. The first-order valence-electron chi connectivity index (χ1n) is 10.9. The van der Waals surface area contributed by atoms with Crippen LogP contribution in [0.1, 0.15) is 63.9 Å². The highest BCUT2D eigenvalue weighted by molar-refractivity contribution is 5.79. The summed E-state index contributed by atoms with van der Waals surface area (Å²) in [4.78, 5) is 24.6. The predicted octanol–water partition coefficient (Wildman–Crippen LogP) is 4.20. The largest absolute Gasteiger partial charge is 0.481 e. The molecule has 1 saturated heterocycles. The second-order valence-electron chi connectivity index (χ2n) is 8.13. The quantitative estimate of drug-likeness (QED) is 0.384. The minimum absolute atomic E-state index is 0.0671. The van der Waals surface area contributed by atoms with Crippen LogP contribution in [-0.2, 0) is 16.0 Å². The Labute approximate surface area is 174 Å². The minimum Gasteiger partial charge on any atom is -0.481 e. The number of carboxylic acid groups (broad SMARTS) is 1. The lowest BCUT2D eigenvalue weighted by molar-refractivity contribution is -0.137. The fourth-order valence-electron chi connectivity index (χ4n) is 3.80. The van der Waals surface area contributed by atoms with E-state index in [9.17, 15) is 14.7 Å². The summed E-state index contributed by atoms with van der Waals surface area (Å²) >= 11 is 0. The lowest BCUT2D eigenvalue weighted by atomic mass is 9.95. The van der Waals surface area contributed by atoms with Crippen molar-refractivity contribution in [1.29, 1.82) is 0 Å². The van der Waals surface area contributed by atoms with E-state index >= 15 is 0 Å². The summed E-state index contributed by atoms with van der Waals surface area (Å²) in [5.41, 5.74) is 1.28. The second-order valence-corrected chi connectivity index (χ2v) is 8.13. The van der Waals surface area contributed by atoms with Gasteiger partial charge >= 0.3 is 5.97 Å². The highest BCUT2D eigenvalue weighted by Gasteiger charge is 2.28. The summed E-state index contributed by atoms with van der Waals surface area (Å²) in [6.07, 6.45) is 10.2. The number of carbonyl (C=O) groups excluding carboxylic acids is 1. The number of benzene rings is 1. The zero-order valence-corrected chi connectivity index (χ0v) is 17.5.